The number of hydrogen-bond acceptors (Lipinski definition) is 3. The average molecular weight is 268 g/mol. The summed E-state index contributed by atoms with van der Waals surface area (Å²) in [6, 6.07) is 3.63. The van der Waals surface area contributed by atoms with Crippen LogP contribution in [0, 0.1) is 5.92 Å². The van der Waals surface area contributed by atoms with E-state index in [1.807, 2.05) is 6.07 Å². The number of halogens is 1. The second-order valence-electron chi connectivity index (χ2n) is 4.86. The second-order valence-corrected chi connectivity index (χ2v) is 5.27. The highest BCUT2D eigenvalue weighted by molar-refractivity contribution is 6.35. The van der Waals surface area contributed by atoms with Gasteiger partial charge in [-0.1, -0.05) is 31.5 Å². The lowest BCUT2D eigenvalue weighted by Gasteiger charge is -2.14. The van der Waals surface area contributed by atoms with Crippen LogP contribution in [0.3, 0.4) is 0 Å². The van der Waals surface area contributed by atoms with Crippen LogP contribution >= 0.6 is 11.6 Å². The van der Waals surface area contributed by atoms with Gasteiger partial charge in [0.1, 0.15) is 0 Å². The van der Waals surface area contributed by atoms with Gasteiger partial charge in [0.2, 0.25) is 0 Å². The molecule has 0 aliphatic carbocycles. The van der Waals surface area contributed by atoms with Crippen molar-refractivity contribution >= 4 is 22.5 Å². The quantitative estimate of drug-likeness (QED) is 0.780. The number of benzene rings is 1. The standard InChI is InChI=1S/C13H18ClN3O/c1-8(2)5-15-7-12(18)9-3-4-11(14)13-10(9)6-16-17-13/h3-4,6,8,12,15,18H,5,7H2,1-2H3,(H,16,17)/t12-/m0/s1. The summed E-state index contributed by atoms with van der Waals surface area (Å²) in [4.78, 5) is 0. The fourth-order valence-corrected chi connectivity index (χ4v) is 2.14. The number of aliphatic hydroxyl groups is 1. The predicted octanol–water partition coefficient (Wildman–Crippen LogP) is 2.50. The fourth-order valence-electron chi connectivity index (χ4n) is 1.93. The van der Waals surface area contributed by atoms with Crippen LogP contribution < -0.4 is 5.32 Å². The van der Waals surface area contributed by atoms with Crippen molar-refractivity contribution in [3.63, 3.8) is 0 Å². The first kappa shape index (κ1) is 13.3. The van der Waals surface area contributed by atoms with E-state index in [0.717, 1.165) is 23.0 Å². The molecular formula is C13H18ClN3O. The van der Waals surface area contributed by atoms with Gasteiger partial charge in [-0.15, -0.1) is 0 Å². The van der Waals surface area contributed by atoms with E-state index in [0.29, 0.717) is 17.5 Å². The Morgan fingerprint density at radius 3 is 2.89 bits per heavy atom. The zero-order valence-electron chi connectivity index (χ0n) is 10.6. The molecule has 0 saturated carbocycles. The zero-order chi connectivity index (χ0) is 13.1. The molecule has 18 heavy (non-hydrogen) atoms. The fraction of sp³-hybridized carbons (Fsp3) is 0.462. The van der Waals surface area contributed by atoms with Gasteiger partial charge in [-0.05, 0) is 24.1 Å². The van der Waals surface area contributed by atoms with E-state index in [2.05, 4.69) is 29.4 Å². The van der Waals surface area contributed by atoms with Gasteiger partial charge in [0.25, 0.3) is 0 Å². The molecule has 0 radical (unpaired) electrons. The molecule has 1 heterocycles. The van der Waals surface area contributed by atoms with Crippen LogP contribution in [0.1, 0.15) is 25.5 Å². The summed E-state index contributed by atoms with van der Waals surface area (Å²) in [6.45, 7) is 5.69. The lowest BCUT2D eigenvalue weighted by Crippen LogP contribution is -2.25. The third-order valence-corrected chi connectivity index (χ3v) is 3.16. The van der Waals surface area contributed by atoms with Gasteiger partial charge in [0.05, 0.1) is 22.8 Å². The first-order valence-electron chi connectivity index (χ1n) is 6.10. The predicted molar refractivity (Wildman–Crippen MR) is 73.8 cm³/mol. The maximum Gasteiger partial charge on any atom is 0.0921 e. The minimum Gasteiger partial charge on any atom is -0.387 e. The maximum absolute atomic E-state index is 10.2. The number of aliphatic hydroxyl groups excluding tert-OH is 1. The SMILES string of the molecule is CC(C)CNC[C@H](O)c1ccc(Cl)c2[nH]ncc12. The van der Waals surface area contributed by atoms with Gasteiger partial charge in [0.15, 0.2) is 0 Å². The van der Waals surface area contributed by atoms with Gasteiger partial charge < -0.3 is 10.4 Å². The molecule has 1 atom stereocenters. The molecule has 0 spiro atoms. The lowest BCUT2D eigenvalue weighted by atomic mass is 10.0. The first-order chi connectivity index (χ1) is 8.59. The average Bonchev–Trinajstić information content (AvgIpc) is 2.78. The molecule has 98 valence electrons. The summed E-state index contributed by atoms with van der Waals surface area (Å²) >= 11 is 6.05. The third kappa shape index (κ3) is 2.83. The van der Waals surface area contributed by atoms with E-state index < -0.39 is 6.10 Å². The van der Waals surface area contributed by atoms with Crippen LogP contribution in [0.25, 0.3) is 10.9 Å². The van der Waals surface area contributed by atoms with E-state index in [4.69, 9.17) is 11.6 Å². The van der Waals surface area contributed by atoms with Crippen LogP contribution in [0.15, 0.2) is 18.3 Å². The highest BCUT2D eigenvalue weighted by atomic mass is 35.5. The number of hydrogen-bond donors (Lipinski definition) is 3. The van der Waals surface area contributed by atoms with E-state index in [-0.39, 0.29) is 0 Å². The van der Waals surface area contributed by atoms with Crippen molar-refractivity contribution in [2.75, 3.05) is 13.1 Å². The van der Waals surface area contributed by atoms with Crippen LogP contribution in [0.5, 0.6) is 0 Å². The summed E-state index contributed by atoms with van der Waals surface area (Å²) < 4.78 is 0. The summed E-state index contributed by atoms with van der Waals surface area (Å²) in [6.07, 6.45) is 1.14. The van der Waals surface area contributed by atoms with E-state index >= 15 is 0 Å². The number of fused-ring (bicyclic) bond motifs is 1. The molecule has 0 aliphatic rings. The van der Waals surface area contributed by atoms with E-state index in [1.54, 1.807) is 12.3 Å². The van der Waals surface area contributed by atoms with Crippen molar-refractivity contribution in [2.24, 2.45) is 5.92 Å². The monoisotopic (exact) mass is 267 g/mol. The molecule has 0 aliphatic heterocycles. The molecule has 3 N–H and O–H groups in total. The Morgan fingerprint density at radius 1 is 1.39 bits per heavy atom. The summed E-state index contributed by atoms with van der Waals surface area (Å²) in [5.74, 6) is 0.566. The van der Waals surface area contributed by atoms with Gasteiger partial charge >= 0.3 is 0 Å². The number of nitrogens with one attached hydrogen (secondary N) is 2. The molecule has 2 aromatic rings. The van der Waals surface area contributed by atoms with E-state index in [1.165, 1.54) is 0 Å². The Hall–Kier alpha value is -1.10. The van der Waals surface area contributed by atoms with Gasteiger partial charge in [-0.2, -0.15) is 5.10 Å². The molecule has 4 nitrogen and oxygen atoms in total. The van der Waals surface area contributed by atoms with Gasteiger partial charge in [-0.25, -0.2) is 0 Å². The van der Waals surface area contributed by atoms with E-state index in [9.17, 15) is 5.11 Å². The van der Waals surface area contributed by atoms with Crippen LogP contribution in [0.4, 0.5) is 0 Å². The third-order valence-electron chi connectivity index (χ3n) is 2.85. The number of H-pyrrole nitrogens is 1. The normalized spacial score (nSPS) is 13.4. The molecule has 1 aromatic carbocycles. The Bertz CT molecular complexity index is 524. The highest BCUT2D eigenvalue weighted by Crippen LogP contribution is 2.28. The van der Waals surface area contributed by atoms with Gasteiger partial charge in [-0.3, -0.25) is 5.10 Å². The maximum atomic E-state index is 10.2. The Morgan fingerprint density at radius 2 is 2.17 bits per heavy atom. The molecule has 0 unspecified atom stereocenters. The van der Waals surface area contributed by atoms with Crippen molar-refractivity contribution in [2.45, 2.75) is 20.0 Å². The Labute approximate surface area is 111 Å². The molecular weight excluding hydrogens is 250 g/mol. The van der Waals surface area contributed by atoms with Crippen molar-refractivity contribution in [1.29, 1.82) is 0 Å². The largest absolute Gasteiger partial charge is 0.387 e. The Kier molecular flexibility index (Phi) is 4.22. The summed E-state index contributed by atoms with van der Waals surface area (Å²) in [5.41, 5.74) is 1.62. The summed E-state index contributed by atoms with van der Waals surface area (Å²) in [7, 11) is 0. The van der Waals surface area contributed by atoms with Crippen molar-refractivity contribution in [3.05, 3.63) is 28.9 Å². The molecule has 5 heteroatoms. The molecule has 0 saturated heterocycles. The molecule has 1 aromatic heterocycles. The Balaban J connectivity index is 2.15. The van der Waals surface area contributed by atoms with Crippen molar-refractivity contribution in [1.82, 2.24) is 15.5 Å². The zero-order valence-corrected chi connectivity index (χ0v) is 11.3. The minimum absolute atomic E-state index is 0.528. The van der Waals surface area contributed by atoms with Crippen LogP contribution in [-0.2, 0) is 0 Å². The number of rotatable bonds is 5. The molecule has 0 bridgehead atoms. The number of aromatic amines is 1. The first-order valence-corrected chi connectivity index (χ1v) is 6.47. The molecule has 0 fully saturated rings. The van der Waals surface area contributed by atoms with Crippen LogP contribution in [-0.4, -0.2) is 28.4 Å². The highest BCUT2D eigenvalue weighted by Gasteiger charge is 2.13. The smallest absolute Gasteiger partial charge is 0.0921 e. The lowest BCUT2D eigenvalue weighted by molar-refractivity contribution is 0.175. The van der Waals surface area contributed by atoms with Crippen LogP contribution in [0.2, 0.25) is 5.02 Å². The molecule has 2 rings (SSSR count). The number of nitrogens with zero attached hydrogens (tertiary/aromatic N) is 1. The minimum atomic E-state index is -0.555. The van der Waals surface area contributed by atoms with Crippen molar-refractivity contribution in [3.8, 4) is 0 Å². The topological polar surface area (TPSA) is 60.9 Å². The summed E-state index contributed by atoms with van der Waals surface area (Å²) in [5, 5.41) is 21.7. The van der Waals surface area contributed by atoms with Gasteiger partial charge in [0, 0.05) is 11.9 Å². The number of aromatic nitrogens is 2. The van der Waals surface area contributed by atoms with Crippen molar-refractivity contribution < 1.29 is 5.11 Å². The molecule has 0 amide bonds. The second kappa shape index (κ2) is 5.69.